The van der Waals surface area contributed by atoms with E-state index in [1.54, 1.807) is 0 Å². The molecule has 1 N–H and O–H groups in total. The minimum Gasteiger partial charge on any atom is -0.481 e. The Morgan fingerprint density at radius 2 is 1.89 bits per heavy atom. The normalized spacial score (nSPS) is 16.8. The first-order chi connectivity index (χ1) is 8.64. The summed E-state index contributed by atoms with van der Waals surface area (Å²) >= 11 is 0. The van der Waals surface area contributed by atoms with Gasteiger partial charge in [-0.05, 0) is 37.1 Å². The molecule has 0 spiro atoms. The Labute approximate surface area is 108 Å². The molecule has 1 aromatic carbocycles. The predicted molar refractivity (Wildman–Crippen MR) is 71.6 cm³/mol. The number of rotatable bonds is 6. The Balaban J connectivity index is 2.29. The summed E-state index contributed by atoms with van der Waals surface area (Å²) in [5.41, 5.74) is 1.59. The van der Waals surface area contributed by atoms with E-state index in [2.05, 4.69) is 24.8 Å². The maximum atomic E-state index is 11.4. The van der Waals surface area contributed by atoms with E-state index in [9.17, 15) is 9.90 Å². The lowest BCUT2D eigenvalue weighted by Gasteiger charge is -2.22. The molecule has 0 saturated heterocycles. The number of carboxylic acid groups (broad SMARTS) is 1. The standard InChI is InChI=1S/C15H21NO2/c1-3-16(4-2)11-12-7-5-6-8-13(12)15(9-10-15)14(17)18/h5-8H,3-4,9-11H2,1-2H3,(H,17,18). The summed E-state index contributed by atoms with van der Waals surface area (Å²) in [6, 6.07) is 8.00. The van der Waals surface area contributed by atoms with Crippen LogP contribution in [0.25, 0.3) is 0 Å². The number of carboxylic acids is 1. The van der Waals surface area contributed by atoms with Gasteiger partial charge in [0.25, 0.3) is 0 Å². The Hall–Kier alpha value is -1.35. The molecule has 1 fully saturated rings. The molecule has 0 aromatic heterocycles. The third kappa shape index (κ3) is 2.27. The van der Waals surface area contributed by atoms with Gasteiger partial charge < -0.3 is 5.11 Å². The van der Waals surface area contributed by atoms with E-state index in [0.29, 0.717) is 0 Å². The summed E-state index contributed by atoms with van der Waals surface area (Å²) in [6.07, 6.45) is 1.55. The van der Waals surface area contributed by atoms with Gasteiger partial charge in [0.15, 0.2) is 0 Å². The Morgan fingerprint density at radius 1 is 1.28 bits per heavy atom. The van der Waals surface area contributed by atoms with Crippen LogP contribution in [0.2, 0.25) is 0 Å². The number of nitrogens with zero attached hydrogens (tertiary/aromatic N) is 1. The van der Waals surface area contributed by atoms with Gasteiger partial charge in [-0.25, -0.2) is 0 Å². The molecule has 0 amide bonds. The molecule has 2 rings (SSSR count). The first kappa shape index (κ1) is 13.1. The zero-order chi connectivity index (χ0) is 13.2. The van der Waals surface area contributed by atoms with Crippen molar-refractivity contribution in [2.45, 2.75) is 38.6 Å². The van der Waals surface area contributed by atoms with Gasteiger partial charge in [0.1, 0.15) is 0 Å². The topological polar surface area (TPSA) is 40.5 Å². The quantitative estimate of drug-likeness (QED) is 0.840. The van der Waals surface area contributed by atoms with Gasteiger partial charge in [0.05, 0.1) is 5.41 Å². The van der Waals surface area contributed by atoms with Crippen LogP contribution >= 0.6 is 0 Å². The monoisotopic (exact) mass is 247 g/mol. The summed E-state index contributed by atoms with van der Waals surface area (Å²) in [6.45, 7) is 7.10. The predicted octanol–water partition coefficient (Wildman–Crippen LogP) is 2.64. The molecule has 0 bridgehead atoms. The second kappa shape index (κ2) is 5.11. The lowest BCUT2D eigenvalue weighted by molar-refractivity contribution is -0.140. The third-order valence-corrected chi connectivity index (χ3v) is 3.98. The fourth-order valence-electron chi connectivity index (χ4n) is 2.54. The van der Waals surface area contributed by atoms with E-state index in [0.717, 1.165) is 38.0 Å². The molecule has 1 aliphatic carbocycles. The van der Waals surface area contributed by atoms with Crippen molar-refractivity contribution in [3.63, 3.8) is 0 Å². The van der Waals surface area contributed by atoms with Gasteiger partial charge in [-0.15, -0.1) is 0 Å². The fraction of sp³-hybridized carbons (Fsp3) is 0.533. The average Bonchev–Trinajstić information content (AvgIpc) is 3.18. The van der Waals surface area contributed by atoms with Crippen molar-refractivity contribution in [1.29, 1.82) is 0 Å². The molecule has 3 nitrogen and oxygen atoms in total. The molecule has 0 radical (unpaired) electrons. The molecule has 1 aromatic rings. The highest BCUT2D eigenvalue weighted by molar-refractivity contribution is 5.85. The highest BCUT2D eigenvalue weighted by atomic mass is 16.4. The molecule has 0 unspecified atom stereocenters. The highest BCUT2D eigenvalue weighted by Crippen LogP contribution is 2.49. The SMILES string of the molecule is CCN(CC)Cc1ccccc1C1(C(=O)O)CC1. The molecule has 0 aliphatic heterocycles. The Morgan fingerprint density at radius 3 is 2.39 bits per heavy atom. The number of aliphatic carboxylic acids is 1. The molecular formula is C15H21NO2. The van der Waals surface area contributed by atoms with Gasteiger partial charge in [-0.1, -0.05) is 38.1 Å². The minimum atomic E-state index is -0.672. The van der Waals surface area contributed by atoms with Gasteiger partial charge in [-0.2, -0.15) is 0 Å². The second-order valence-corrected chi connectivity index (χ2v) is 5.01. The van der Waals surface area contributed by atoms with Crippen LogP contribution in [0.3, 0.4) is 0 Å². The van der Waals surface area contributed by atoms with Crippen molar-refractivity contribution in [1.82, 2.24) is 4.90 Å². The van der Waals surface area contributed by atoms with Crippen LogP contribution in [-0.2, 0) is 16.8 Å². The van der Waals surface area contributed by atoms with Gasteiger partial charge >= 0.3 is 5.97 Å². The van der Waals surface area contributed by atoms with Crippen molar-refractivity contribution >= 4 is 5.97 Å². The maximum Gasteiger partial charge on any atom is 0.314 e. The van der Waals surface area contributed by atoms with E-state index in [4.69, 9.17) is 0 Å². The second-order valence-electron chi connectivity index (χ2n) is 5.01. The summed E-state index contributed by atoms with van der Waals surface area (Å²) in [5.74, 6) is -0.672. The van der Waals surface area contributed by atoms with Crippen LogP contribution in [0.15, 0.2) is 24.3 Å². The zero-order valence-corrected chi connectivity index (χ0v) is 11.1. The maximum absolute atomic E-state index is 11.4. The summed E-state index contributed by atoms with van der Waals surface area (Å²) in [5, 5.41) is 9.42. The molecular weight excluding hydrogens is 226 g/mol. The number of hydrogen-bond acceptors (Lipinski definition) is 2. The molecule has 0 atom stereocenters. The van der Waals surface area contributed by atoms with Crippen molar-refractivity contribution in [3.8, 4) is 0 Å². The summed E-state index contributed by atoms with van der Waals surface area (Å²) < 4.78 is 0. The van der Waals surface area contributed by atoms with Crippen molar-refractivity contribution in [2.24, 2.45) is 0 Å². The Bertz CT molecular complexity index is 434. The van der Waals surface area contributed by atoms with Crippen LogP contribution in [-0.4, -0.2) is 29.1 Å². The van der Waals surface area contributed by atoms with E-state index in [1.165, 1.54) is 5.56 Å². The van der Waals surface area contributed by atoms with Crippen LogP contribution in [0.1, 0.15) is 37.8 Å². The van der Waals surface area contributed by atoms with Crippen LogP contribution < -0.4 is 0 Å². The van der Waals surface area contributed by atoms with Gasteiger partial charge in [-0.3, -0.25) is 9.69 Å². The molecule has 1 aliphatic rings. The van der Waals surface area contributed by atoms with Crippen LogP contribution in [0.4, 0.5) is 0 Å². The van der Waals surface area contributed by atoms with Gasteiger partial charge in [0, 0.05) is 6.54 Å². The van der Waals surface area contributed by atoms with Crippen molar-refractivity contribution < 1.29 is 9.90 Å². The largest absolute Gasteiger partial charge is 0.481 e. The molecule has 18 heavy (non-hydrogen) atoms. The van der Waals surface area contributed by atoms with E-state index in [-0.39, 0.29) is 0 Å². The fourth-order valence-corrected chi connectivity index (χ4v) is 2.54. The lowest BCUT2D eigenvalue weighted by Crippen LogP contribution is -2.26. The molecule has 98 valence electrons. The van der Waals surface area contributed by atoms with E-state index >= 15 is 0 Å². The molecule has 3 heteroatoms. The highest BCUT2D eigenvalue weighted by Gasteiger charge is 2.52. The first-order valence-corrected chi connectivity index (χ1v) is 6.68. The molecule has 0 heterocycles. The van der Waals surface area contributed by atoms with E-state index in [1.807, 2.05) is 18.2 Å². The minimum absolute atomic E-state index is 0.594. The van der Waals surface area contributed by atoms with Gasteiger partial charge in [0.2, 0.25) is 0 Å². The Kier molecular flexibility index (Phi) is 3.71. The number of carbonyl (C=O) groups is 1. The van der Waals surface area contributed by atoms with Crippen LogP contribution in [0.5, 0.6) is 0 Å². The smallest absolute Gasteiger partial charge is 0.314 e. The average molecular weight is 247 g/mol. The third-order valence-electron chi connectivity index (χ3n) is 3.98. The lowest BCUT2D eigenvalue weighted by atomic mass is 9.91. The first-order valence-electron chi connectivity index (χ1n) is 6.68. The summed E-state index contributed by atoms with van der Waals surface area (Å²) in [4.78, 5) is 13.8. The molecule has 1 saturated carbocycles. The number of hydrogen-bond donors (Lipinski definition) is 1. The van der Waals surface area contributed by atoms with Crippen molar-refractivity contribution in [2.75, 3.05) is 13.1 Å². The summed E-state index contributed by atoms with van der Waals surface area (Å²) in [7, 11) is 0. The van der Waals surface area contributed by atoms with Crippen LogP contribution in [0, 0.1) is 0 Å². The van der Waals surface area contributed by atoms with Crippen molar-refractivity contribution in [3.05, 3.63) is 35.4 Å². The number of benzene rings is 1. The zero-order valence-electron chi connectivity index (χ0n) is 11.1. The van der Waals surface area contributed by atoms with E-state index < -0.39 is 11.4 Å².